The van der Waals surface area contributed by atoms with Crippen LogP contribution in [0.1, 0.15) is 40.7 Å². The summed E-state index contributed by atoms with van der Waals surface area (Å²) in [6, 6.07) is 14.7. The maximum Gasteiger partial charge on any atom is 0.270 e. The molecule has 2 aromatic heterocycles. The summed E-state index contributed by atoms with van der Waals surface area (Å²) in [6.07, 6.45) is 2.22. The first-order valence-electron chi connectivity index (χ1n) is 9.04. The maximum absolute atomic E-state index is 13.2. The standard InChI is InChI=1S/C21H24N2OS/c1-15-8-10-22(11-9-15)21(24)19-13-20-18(12-16(2)25-20)23(19)14-17-6-4-3-5-7-17/h3-7,12-13,15H,8-11,14H2,1-2H3. The molecule has 1 aromatic carbocycles. The summed E-state index contributed by atoms with van der Waals surface area (Å²) in [5.41, 5.74) is 3.24. The first kappa shape index (κ1) is 16.4. The number of hydrogen-bond donors (Lipinski definition) is 0. The lowest BCUT2D eigenvalue weighted by atomic mass is 9.99. The van der Waals surface area contributed by atoms with Crippen molar-refractivity contribution < 1.29 is 4.79 Å². The Kier molecular flexibility index (Phi) is 4.38. The van der Waals surface area contributed by atoms with Crippen LogP contribution < -0.4 is 0 Å². The Balaban J connectivity index is 1.71. The number of carbonyl (C=O) groups is 1. The van der Waals surface area contributed by atoms with Gasteiger partial charge in [-0.3, -0.25) is 4.79 Å². The predicted octanol–water partition coefficient (Wildman–Crippen LogP) is 4.93. The number of fused-ring (bicyclic) bond motifs is 1. The number of amides is 1. The van der Waals surface area contributed by atoms with E-state index in [1.54, 1.807) is 11.3 Å². The van der Waals surface area contributed by atoms with Crippen LogP contribution in [0, 0.1) is 12.8 Å². The molecule has 0 aliphatic carbocycles. The van der Waals surface area contributed by atoms with Crippen molar-refractivity contribution in [3.05, 3.63) is 58.6 Å². The highest BCUT2D eigenvalue weighted by molar-refractivity contribution is 7.19. The molecular weight excluding hydrogens is 328 g/mol. The highest BCUT2D eigenvalue weighted by Crippen LogP contribution is 2.30. The summed E-state index contributed by atoms with van der Waals surface area (Å²) in [5, 5.41) is 0. The lowest BCUT2D eigenvalue weighted by molar-refractivity contribution is 0.0687. The van der Waals surface area contributed by atoms with E-state index in [9.17, 15) is 4.79 Å². The van der Waals surface area contributed by atoms with E-state index in [-0.39, 0.29) is 5.91 Å². The molecule has 0 N–H and O–H groups in total. The molecule has 1 aliphatic rings. The van der Waals surface area contributed by atoms with Crippen LogP contribution in [0.5, 0.6) is 0 Å². The fourth-order valence-corrected chi connectivity index (χ4v) is 4.61. The summed E-state index contributed by atoms with van der Waals surface area (Å²) >= 11 is 1.77. The zero-order valence-electron chi connectivity index (χ0n) is 14.9. The number of thiophene rings is 1. The highest BCUT2D eigenvalue weighted by atomic mass is 32.1. The zero-order chi connectivity index (χ0) is 17.4. The van der Waals surface area contributed by atoms with Crippen molar-refractivity contribution in [2.75, 3.05) is 13.1 Å². The molecule has 1 saturated heterocycles. The van der Waals surface area contributed by atoms with Gasteiger partial charge in [0.2, 0.25) is 0 Å². The molecule has 4 rings (SSSR count). The summed E-state index contributed by atoms with van der Waals surface area (Å²) in [5.74, 6) is 0.912. The Morgan fingerprint density at radius 1 is 1.16 bits per heavy atom. The summed E-state index contributed by atoms with van der Waals surface area (Å²) in [4.78, 5) is 16.5. The van der Waals surface area contributed by atoms with Crippen LogP contribution in [0.2, 0.25) is 0 Å². The number of hydrogen-bond acceptors (Lipinski definition) is 2. The Bertz CT molecular complexity index is 885. The van der Waals surface area contributed by atoms with Crippen LogP contribution in [0.25, 0.3) is 10.2 Å². The van der Waals surface area contributed by atoms with Crippen molar-refractivity contribution in [2.45, 2.75) is 33.2 Å². The van der Waals surface area contributed by atoms with Crippen molar-refractivity contribution >= 4 is 27.5 Å². The Morgan fingerprint density at radius 2 is 1.88 bits per heavy atom. The van der Waals surface area contributed by atoms with Gasteiger partial charge >= 0.3 is 0 Å². The molecule has 4 heteroatoms. The largest absolute Gasteiger partial charge is 0.337 e. The Hall–Kier alpha value is -2.07. The second-order valence-electron chi connectivity index (χ2n) is 7.18. The second kappa shape index (κ2) is 6.68. The van der Waals surface area contributed by atoms with Gasteiger partial charge in [-0.05, 0) is 43.4 Å². The van der Waals surface area contributed by atoms with Crippen LogP contribution >= 0.6 is 11.3 Å². The Labute approximate surface area is 152 Å². The van der Waals surface area contributed by atoms with Gasteiger partial charge in [0.25, 0.3) is 5.91 Å². The summed E-state index contributed by atoms with van der Waals surface area (Å²) in [6.45, 7) is 6.90. The van der Waals surface area contributed by atoms with Gasteiger partial charge < -0.3 is 9.47 Å². The van der Waals surface area contributed by atoms with E-state index >= 15 is 0 Å². The number of benzene rings is 1. The van der Waals surface area contributed by atoms with Crippen molar-refractivity contribution in [1.82, 2.24) is 9.47 Å². The van der Waals surface area contributed by atoms with Crippen LogP contribution in [0.4, 0.5) is 0 Å². The monoisotopic (exact) mass is 352 g/mol. The van der Waals surface area contributed by atoms with Crippen LogP contribution in [-0.4, -0.2) is 28.5 Å². The first-order valence-corrected chi connectivity index (χ1v) is 9.86. The molecule has 3 aromatic rings. The fraction of sp³-hybridized carbons (Fsp3) is 0.381. The molecule has 3 heterocycles. The molecular formula is C21H24N2OS. The van der Waals surface area contributed by atoms with Crippen molar-refractivity contribution in [3.63, 3.8) is 0 Å². The zero-order valence-corrected chi connectivity index (χ0v) is 15.7. The third kappa shape index (κ3) is 3.23. The average molecular weight is 353 g/mol. The highest BCUT2D eigenvalue weighted by Gasteiger charge is 2.25. The minimum absolute atomic E-state index is 0.184. The topological polar surface area (TPSA) is 25.2 Å². The summed E-state index contributed by atoms with van der Waals surface area (Å²) in [7, 11) is 0. The van der Waals surface area contributed by atoms with E-state index in [1.807, 2.05) is 11.0 Å². The van der Waals surface area contributed by atoms with E-state index in [0.29, 0.717) is 0 Å². The summed E-state index contributed by atoms with van der Waals surface area (Å²) < 4.78 is 3.41. The van der Waals surface area contributed by atoms with Gasteiger partial charge in [0.1, 0.15) is 5.69 Å². The number of carbonyl (C=O) groups excluding carboxylic acids is 1. The van der Waals surface area contributed by atoms with Gasteiger partial charge in [-0.15, -0.1) is 11.3 Å². The van der Waals surface area contributed by atoms with Crippen LogP contribution in [0.3, 0.4) is 0 Å². The molecule has 0 saturated carbocycles. The van der Waals surface area contributed by atoms with E-state index < -0.39 is 0 Å². The number of piperidine rings is 1. The molecule has 0 bridgehead atoms. The van der Waals surface area contributed by atoms with Gasteiger partial charge in [-0.2, -0.15) is 0 Å². The molecule has 1 amide bonds. The molecule has 1 aliphatic heterocycles. The van der Waals surface area contributed by atoms with Gasteiger partial charge in [-0.25, -0.2) is 0 Å². The van der Waals surface area contributed by atoms with Crippen molar-refractivity contribution in [3.8, 4) is 0 Å². The predicted molar refractivity (Wildman–Crippen MR) is 104 cm³/mol. The van der Waals surface area contributed by atoms with E-state index in [4.69, 9.17) is 0 Å². The minimum atomic E-state index is 0.184. The fourth-order valence-electron chi connectivity index (χ4n) is 3.65. The van der Waals surface area contributed by atoms with Gasteiger partial charge in [-0.1, -0.05) is 37.3 Å². The molecule has 130 valence electrons. The van der Waals surface area contributed by atoms with Crippen LogP contribution in [0.15, 0.2) is 42.5 Å². The number of nitrogens with zero attached hydrogens (tertiary/aromatic N) is 2. The molecule has 25 heavy (non-hydrogen) atoms. The van der Waals surface area contributed by atoms with Crippen molar-refractivity contribution in [1.29, 1.82) is 0 Å². The third-order valence-electron chi connectivity index (χ3n) is 5.19. The van der Waals surface area contributed by atoms with Gasteiger partial charge in [0.05, 0.1) is 10.2 Å². The first-order chi connectivity index (χ1) is 12.1. The minimum Gasteiger partial charge on any atom is -0.337 e. The van der Waals surface area contributed by atoms with E-state index in [0.717, 1.165) is 44.1 Å². The third-order valence-corrected chi connectivity index (χ3v) is 6.17. The van der Waals surface area contributed by atoms with Gasteiger partial charge in [0.15, 0.2) is 0 Å². The molecule has 0 atom stereocenters. The Morgan fingerprint density at radius 3 is 2.60 bits per heavy atom. The molecule has 3 nitrogen and oxygen atoms in total. The second-order valence-corrected chi connectivity index (χ2v) is 8.47. The SMILES string of the molecule is Cc1cc2c(cc(C(=O)N3CCC(C)CC3)n2Cc2ccccc2)s1. The number of aromatic nitrogens is 1. The van der Waals surface area contributed by atoms with Crippen molar-refractivity contribution in [2.24, 2.45) is 5.92 Å². The quantitative estimate of drug-likeness (QED) is 0.656. The van der Waals surface area contributed by atoms with E-state index in [2.05, 4.69) is 54.8 Å². The lowest BCUT2D eigenvalue weighted by Gasteiger charge is -2.30. The smallest absolute Gasteiger partial charge is 0.270 e. The molecule has 0 unspecified atom stereocenters. The number of likely N-dealkylation sites (tertiary alicyclic amines) is 1. The van der Waals surface area contributed by atoms with E-state index in [1.165, 1.54) is 20.7 Å². The number of rotatable bonds is 3. The van der Waals surface area contributed by atoms with Gasteiger partial charge in [0, 0.05) is 24.5 Å². The van der Waals surface area contributed by atoms with Crippen LogP contribution in [-0.2, 0) is 6.54 Å². The normalized spacial score (nSPS) is 15.8. The molecule has 0 radical (unpaired) electrons. The molecule has 1 fully saturated rings. The average Bonchev–Trinajstić information content (AvgIpc) is 3.13. The maximum atomic E-state index is 13.2. The lowest BCUT2D eigenvalue weighted by Crippen LogP contribution is -2.38. The number of aryl methyl sites for hydroxylation is 1. The molecule has 0 spiro atoms.